The molecule has 7 heteroatoms. The average Bonchev–Trinajstić information content (AvgIpc) is 2.68. The van der Waals surface area contributed by atoms with E-state index in [0.717, 1.165) is 25.3 Å². The molecule has 1 aliphatic heterocycles. The molecule has 1 aromatic heterocycles. The molecule has 0 bridgehead atoms. The summed E-state index contributed by atoms with van der Waals surface area (Å²) in [6.07, 6.45) is 2.32. The van der Waals surface area contributed by atoms with E-state index in [2.05, 4.69) is 27.1 Å². The highest BCUT2D eigenvalue weighted by molar-refractivity contribution is 6.07. The molecule has 2 aromatic rings. The third-order valence-corrected chi connectivity index (χ3v) is 4.71. The smallest absolute Gasteiger partial charge is 0.340 e. The molecule has 1 saturated heterocycles. The van der Waals surface area contributed by atoms with Gasteiger partial charge < -0.3 is 15.0 Å². The molecule has 1 unspecified atom stereocenters. The van der Waals surface area contributed by atoms with Gasteiger partial charge in [0, 0.05) is 19.2 Å². The predicted molar refractivity (Wildman–Crippen MR) is 108 cm³/mol. The van der Waals surface area contributed by atoms with Crippen LogP contribution in [0.5, 0.6) is 0 Å². The maximum atomic E-state index is 12.8. The summed E-state index contributed by atoms with van der Waals surface area (Å²) >= 11 is 0. The van der Waals surface area contributed by atoms with Gasteiger partial charge in [-0.05, 0) is 44.7 Å². The largest absolute Gasteiger partial charge is 0.462 e. The van der Waals surface area contributed by atoms with Crippen LogP contribution in [0.15, 0.2) is 30.3 Å². The van der Waals surface area contributed by atoms with Crippen LogP contribution in [0.2, 0.25) is 0 Å². The molecule has 28 heavy (non-hydrogen) atoms. The number of aromatic nitrogens is 2. The molecule has 1 aliphatic rings. The Morgan fingerprint density at radius 2 is 2.07 bits per heavy atom. The summed E-state index contributed by atoms with van der Waals surface area (Å²) in [5.74, 6) is 1.05. The minimum absolute atomic E-state index is 0.268. The summed E-state index contributed by atoms with van der Waals surface area (Å²) in [5, 5.41) is 2.78. The van der Waals surface area contributed by atoms with Gasteiger partial charge in [0.15, 0.2) is 0 Å². The van der Waals surface area contributed by atoms with Crippen LogP contribution in [0.3, 0.4) is 0 Å². The Kier molecular flexibility index (Phi) is 6.23. The lowest BCUT2D eigenvalue weighted by atomic mass is 10.0. The van der Waals surface area contributed by atoms with E-state index in [-0.39, 0.29) is 18.2 Å². The Morgan fingerprint density at radius 1 is 1.29 bits per heavy atom. The topological polar surface area (TPSA) is 84.4 Å². The van der Waals surface area contributed by atoms with Crippen molar-refractivity contribution in [3.05, 3.63) is 47.4 Å². The van der Waals surface area contributed by atoms with Gasteiger partial charge >= 0.3 is 5.97 Å². The van der Waals surface area contributed by atoms with Crippen LogP contribution in [0.4, 0.5) is 11.5 Å². The van der Waals surface area contributed by atoms with Gasteiger partial charge in [0.1, 0.15) is 17.3 Å². The van der Waals surface area contributed by atoms with Crippen LogP contribution in [0.25, 0.3) is 0 Å². The van der Waals surface area contributed by atoms with Gasteiger partial charge in [-0.3, -0.25) is 4.79 Å². The highest BCUT2D eigenvalue weighted by Gasteiger charge is 2.21. The molecule has 1 fully saturated rings. The Balaban J connectivity index is 1.83. The summed E-state index contributed by atoms with van der Waals surface area (Å²) in [6.45, 7) is 7.85. The number of rotatable bonds is 5. The van der Waals surface area contributed by atoms with E-state index in [1.54, 1.807) is 44.2 Å². The summed E-state index contributed by atoms with van der Waals surface area (Å²) in [5.41, 5.74) is 0.989. The molecule has 0 radical (unpaired) electrons. The van der Waals surface area contributed by atoms with Crippen molar-refractivity contribution in [2.45, 2.75) is 33.6 Å². The van der Waals surface area contributed by atoms with Crippen LogP contribution in [0, 0.1) is 12.8 Å². The second kappa shape index (κ2) is 8.82. The highest BCUT2D eigenvalue weighted by atomic mass is 16.5. The van der Waals surface area contributed by atoms with E-state index in [9.17, 15) is 9.59 Å². The van der Waals surface area contributed by atoms with Crippen LogP contribution < -0.4 is 10.2 Å². The van der Waals surface area contributed by atoms with Gasteiger partial charge in [0.2, 0.25) is 0 Å². The first kappa shape index (κ1) is 19.8. The summed E-state index contributed by atoms with van der Waals surface area (Å²) in [6, 6.07) is 8.49. The number of ether oxygens (including phenoxy) is 1. The zero-order valence-corrected chi connectivity index (χ0v) is 16.6. The van der Waals surface area contributed by atoms with Crippen LogP contribution in [-0.4, -0.2) is 41.5 Å². The van der Waals surface area contributed by atoms with E-state index in [1.165, 1.54) is 6.42 Å². The number of carbonyl (C=O) groups excluding carboxylic acids is 2. The van der Waals surface area contributed by atoms with Crippen LogP contribution in [0.1, 0.15) is 53.4 Å². The molecule has 2 heterocycles. The number of hydrogen-bond acceptors (Lipinski definition) is 6. The van der Waals surface area contributed by atoms with Crippen molar-refractivity contribution in [2.24, 2.45) is 5.92 Å². The number of hydrogen-bond donors (Lipinski definition) is 1. The molecule has 0 spiro atoms. The number of anilines is 2. The molecular weight excluding hydrogens is 356 g/mol. The van der Waals surface area contributed by atoms with E-state index < -0.39 is 5.97 Å². The number of para-hydroxylation sites is 1. The van der Waals surface area contributed by atoms with Crippen molar-refractivity contribution in [1.82, 2.24) is 9.97 Å². The zero-order valence-electron chi connectivity index (χ0n) is 16.6. The van der Waals surface area contributed by atoms with Gasteiger partial charge in [0.05, 0.1) is 17.9 Å². The van der Waals surface area contributed by atoms with E-state index >= 15 is 0 Å². The second-order valence-electron chi connectivity index (χ2n) is 7.07. The first-order valence-electron chi connectivity index (χ1n) is 9.66. The number of nitrogens with zero attached hydrogens (tertiary/aromatic N) is 3. The number of amides is 1. The van der Waals surface area contributed by atoms with Gasteiger partial charge in [-0.25, -0.2) is 14.8 Å². The van der Waals surface area contributed by atoms with Gasteiger partial charge in [0.25, 0.3) is 5.91 Å². The first-order chi connectivity index (χ1) is 13.5. The Bertz CT molecular complexity index is 868. The fraction of sp³-hybridized carbons (Fsp3) is 0.429. The standard InChI is InChI=1S/C21H26N4O3/c1-4-28-21(27)16-9-5-6-10-17(16)24-20(26)18-12-19(23-15(3)22-18)25-11-7-8-14(2)13-25/h5-6,9-10,12,14H,4,7-8,11,13H2,1-3H3,(H,24,26). The fourth-order valence-electron chi connectivity index (χ4n) is 3.39. The second-order valence-corrected chi connectivity index (χ2v) is 7.07. The molecule has 0 saturated carbocycles. The summed E-state index contributed by atoms with van der Waals surface area (Å²) in [4.78, 5) is 36.0. The molecule has 3 rings (SSSR count). The molecule has 7 nitrogen and oxygen atoms in total. The van der Waals surface area contributed by atoms with Crippen molar-refractivity contribution >= 4 is 23.4 Å². The van der Waals surface area contributed by atoms with E-state index in [1.807, 2.05) is 0 Å². The molecule has 1 N–H and O–H groups in total. The number of piperidine rings is 1. The molecule has 148 valence electrons. The Morgan fingerprint density at radius 3 is 2.82 bits per heavy atom. The van der Waals surface area contributed by atoms with Crippen LogP contribution in [-0.2, 0) is 4.74 Å². The minimum Gasteiger partial charge on any atom is -0.462 e. The third kappa shape index (κ3) is 4.65. The van der Waals surface area contributed by atoms with Crippen molar-refractivity contribution in [3.63, 3.8) is 0 Å². The number of benzene rings is 1. The maximum absolute atomic E-state index is 12.8. The summed E-state index contributed by atoms with van der Waals surface area (Å²) < 4.78 is 5.06. The Labute approximate surface area is 165 Å². The van der Waals surface area contributed by atoms with Gasteiger partial charge in [-0.1, -0.05) is 19.1 Å². The lowest BCUT2D eigenvalue weighted by Gasteiger charge is -2.32. The van der Waals surface area contributed by atoms with Crippen molar-refractivity contribution in [1.29, 1.82) is 0 Å². The number of esters is 1. The van der Waals surface area contributed by atoms with Crippen molar-refractivity contribution in [2.75, 3.05) is 29.9 Å². The minimum atomic E-state index is -0.472. The SMILES string of the molecule is CCOC(=O)c1ccccc1NC(=O)c1cc(N2CCCC(C)C2)nc(C)n1. The summed E-state index contributed by atoms with van der Waals surface area (Å²) in [7, 11) is 0. The number of nitrogens with one attached hydrogen (secondary N) is 1. The average molecular weight is 382 g/mol. The molecule has 1 aromatic carbocycles. The van der Waals surface area contributed by atoms with Crippen LogP contribution >= 0.6 is 0 Å². The van der Waals surface area contributed by atoms with E-state index in [4.69, 9.17) is 4.74 Å². The monoisotopic (exact) mass is 382 g/mol. The fourth-order valence-corrected chi connectivity index (χ4v) is 3.39. The zero-order chi connectivity index (χ0) is 20.1. The van der Waals surface area contributed by atoms with E-state index in [0.29, 0.717) is 23.0 Å². The van der Waals surface area contributed by atoms with Crippen molar-refractivity contribution < 1.29 is 14.3 Å². The van der Waals surface area contributed by atoms with Crippen molar-refractivity contribution in [3.8, 4) is 0 Å². The molecule has 0 aliphatic carbocycles. The molecular formula is C21H26N4O3. The number of carbonyl (C=O) groups is 2. The number of aryl methyl sites for hydroxylation is 1. The lowest BCUT2D eigenvalue weighted by Crippen LogP contribution is -2.35. The lowest BCUT2D eigenvalue weighted by molar-refractivity contribution is 0.0527. The molecule has 1 amide bonds. The Hall–Kier alpha value is -2.96. The molecule has 1 atom stereocenters. The van der Waals surface area contributed by atoms with Gasteiger partial charge in [-0.15, -0.1) is 0 Å². The maximum Gasteiger partial charge on any atom is 0.340 e. The normalized spacial score (nSPS) is 16.5. The predicted octanol–water partition coefficient (Wildman–Crippen LogP) is 3.45. The highest BCUT2D eigenvalue weighted by Crippen LogP contribution is 2.23. The quantitative estimate of drug-likeness (QED) is 0.798. The first-order valence-corrected chi connectivity index (χ1v) is 9.66. The van der Waals surface area contributed by atoms with Gasteiger partial charge in [-0.2, -0.15) is 0 Å². The third-order valence-electron chi connectivity index (χ3n) is 4.71.